The Morgan fingerprint density at radius 1 is 1.22 bits per heavy atom. The van der Waals surface area contributed by atoms with Crippen LogP contribution in [0.5, 0.6) is 11.5 Å². The van der Waals surface area contributed by atoms with Crippen LogP contribution in [0, 0.1) is 0 Å². The molecule has 1 N–H and O–H groups in total. The number of fused-ring (bicyclic) bond motifs is 1. The number of anilines is 1. The van der Waals surface area contributed by atoms with Crippen molar-refractivity contribution in [3.8, 4) is 11.5 Å². The molecule has 2 heterocycles. The Morgan fingerprint density at radius 2 is 1.97 bits per heavy atom. The van der Waals surface area contributed by atoms with Crippen molar-refractivity contribution >= 4 is 28.3 Å². The van der Waals surface area contributed by atoms with Crippen molar-refractivity contribution in [3.05, 3.63) is 78.5 Å². The van der Waals surface area contributed by atoms with E-state index < -0.39 is 11.9 Å². The third kappa shape index (κ3) is 4.86. The Hall–Kier alpha value is -3.52. The lowest BCUT2D eigenvalue weighted by Gasteiger charge is -2.18. The summed E-state index contributed by atoms with van der Waals surface area (Å²) in [5.74, 6) is 1.20. The van der Waals surface area contributed by atoms with Crippen molar-refractivity contribution < 1.29 is 13.9 Å². The van der Waals surface area contributed by atoms with E-state index in [-0.39, 0.29) is 16.8 Å². The summed E-state index contributed by atoms with van der Waals surface area (Å²) >= 11 is 5.71. The minimum absolute atomic E-state index is 0.0387. The molecule has 1 aromatic carbocycles. The molecule has 0 saturated heterocycles. The highest BCUT2D eigenvalue weighted by Crippen LogP contribution is 2.39. The van der Waals surface area contributed by atoms with Crippen molar-refractivity contribution in [3.63, 3.8) is 0 Å². The van der Waals surface area contributed by atoms with Crippen LogP contribution in [0.15, 0.2) is 72.7 Å². The van der Waals surface area contributed by atoms with E-state index in [9.17, 15) is 4.39 Å². The number of hydrogen-bond acceptors (Lipinski definition) is 7. The summed E-state index contributed by atoms with van der Waals surface area (Å²) in [6.45, 7) is 8.88. The Labute approximate surface area is 189 Å². The second-order valence-corrected chi connectivity index (χ2v) is 7.64. The fraction of sp³-hybridized carbons (Fsp3) is 0.217. The van der Waals surface area contributed by atoms with E-state index in [4.69, 9.17) is 21.1 Å². The van der Waals surface area contributed by atoms with Gasteiger partial charge >= 0.3 is 0 Å². The van der Waals surface area contributed by atoms with Crippen molar-refractivity contribution in [1.29, 1.82) is 0 Å². The SMILES string of the molecule is C=C/C(Nc1ncnc2cc(OC3CC3)c(O[C@@H](C)c3ncccn3)cc12)=C(/F)C(=C)Cl. The van der Waals surface area contributed by atoms with Crippen molar-refractivity contribution in [2.24, 2.45) is 0 Å². The van der Waals surface area contributed by atoms with Crippen LogP contribution < -0.4 is 14.8 Å². The van der Waals surface area contributed by atoms with Crippen LogP contribution in [-0.4, -0.2) is 26.0 Å². The van der Waals surface area contributed by atoms with Crippen LogP contribution in [0.3, 0.4) is 0 Å². The Balaban J connectivity index is 1.75. The van der Waals surface area contributed by atoms with Crippen LogP contribution in [0.4, 0.5) is 10.2 Å². The molecule has 0 spiro atoms. The number of nitrogens with zero attached hydrogens (tertiary/aromatic N) is 4. The maximum atomic E-state index is 14.3. The van der Waals surface area contributed by atoms with Gasteiger partial charge < -0.3 is 14.8 Å². The molecule has 0 radical (unpaired) electrons. The maximum Gasteiger partial charge on any atom is 0.168 e. The molecule has 0 amide bonds. The quantitative estimate of drug-likeness (QED) is 0.420. The molecule has 1 saturated carbocycles. The Morgan fingerprint density at radius 3 is 2.62 bits per heavy atom. The van der Waals surface area contributed by atoms with Gasteiger partial charge in [0.05, 0.1) is 22.3 Å². The second-order valence-electron chi connectivity index (χ2n) is 7.18. The Kier molecular flexibility index (Phi) is 6.32. The lowest BCUT2D eigenvalue weighted by molar-refractivity contribution is 0.198. The molecule has 1 aliphatic rings. The third-order valence-electron chi connectivity index (χ3n) is 4.70. The van der Waals surface area contributed by atoms with Gasteiger partial charge in [-0.25, -0.2) is 24.3 Å². The fourth-order valence-electron chi connectivity index (χ4n) is 2.95. The van der Waals surface area contributed by atoms with E-state index in [1.807, 2.05) is 6.92 Å². The van der Waals surface area contributed by atoms with Crippen LogP contribution in [0.1, 0.15) is 31.7 Å². The first-order chi connectivity index (χ1) is 15.5. The molecule has 3 aromatic rings. The highest BCUT2D eigenvalue weighted by molar-refractivity contribution is 6.31. The largest absolute Gasteiger partial charge is 0.486 e. The molecule has 32 heavy (non-hydrogen) atoms. The molecule has 2 aromatic heterocycles. The molecular formula is C23H21ClFN5O2. The van der Waals surface area contributed by atoms with Gasteiger partial charge in [-0.2, -0.15) is 0 Å². The molecule has 4 rings (SSSR count). The van der Waals surface area contributed by atoms with Crippen LogP contribution in [0.25, 0.3) is 10.9 Å². The number of nitrogens with one attached hydrogen (secondary N) is 1. The zero-order chi connectivity index (χ0) is 22.7. The lowest BCUT2D eigenvalue weighted by atomic mass is 10.2. The summed E-state index contributed by atoms with van der Waals surface area (Å²) in [5.41, 5.74) is 0.638. The predicted molar refractivity (Wildman–Crippen MR) is 121 cm³/mol. The van der Waals surface area contributed by atoms with Gasteiger partial charge in [0.25, 0.3) is 0 Å². The summed E-state index contributed by atoms with van der Waals surface area (Å²) < 4.78 is 26.6. The van der Waals surface area contributed by atoms with E-state index in [1.165, 1.54) is 12.4 Å². The van der Waals surface area contributed by atoms with Gasteiger partial charge in [0.2, 0.25) is 0 Å². The number of hydrogen-bond donors (Lipinski definition) is 1. The highest BCUT2D eigenvalue weighted by Gasteiger charge is 2.26. The molecule has 1 fully saturated rings. The topological polar surface area (TPSA) is 82.1 Å². The van der Waals surface area contributed by atoms with E-state index in [1.54, 1.807) is 30.6 Å². The van der Waals surface area contributed by atoms with Crippen molar-refractivity contribution in [2.45, 2.75) is 32.0 Å². The van der Waals surface area contributed by atoms with Gasteiger partial charge in [0.15, 0.2) is 29.3 Å². The normalized spacial score (nSPS) is 15.0. The van der Waals surface area contributed by atoms with Gasteiger partial charge in [-0.05, 0) is 38.0 Å². The second kappa shape index (κ2) is 9.32. The molecule has 164 valence electrons. The minimum atomic E-state index is -0.728. The molecule has 1 aliphatic carbocycles. The van der Waals surface area contributed by atoms with E-state index >= 15 is 0 Å². The first kappa shape index (κ1) is 21.7. The average molecular weight is 454 g/mol. The number of allylic oxidation sites excluding steroid dienone is 3. The smallest absolute Gasteiger partial charge is 0.168 e. The zero-order valence-electron chi connectivity index (χ0n) is 17.4. The van der Waals surface area contributed by atoms with Gasteiger partial charge in [-0.1, -0.05) is 24.8 Å². The lowest BCUT2D eigenvalue weighted by Crippen LogP contribution is -2.09. The Bertz CT molecular complexity index is 1200. The number of rotatable bonds is 9. The summed E-state index contributed by atoms with van der Waals surface area (Å²) in [4.78, 5) is 17.1. The third-order valence-corrected chi connectivity index (χ3v) is 4.87. The first-order valence-corrected chi connectivity index (χ1v) is 10.4. The van der Waals surface area contributed by atoms with Gasteiger partial charge in [0.1, 0.15) is 12.1 Å². The number of ether oxygens (including phenoxy) is 2. The fourth-order valence-corrected chi connectivity index (χ4v) is 3.05. The first-order valence-electron chi connectivity index (χ1n) is 9.99. The predicted octanol–water partition coefficient (Wildman–Crippen LogP) is 5.63. The minimum Gasteiger partial charge on any atom is -0.486 e. The molecular weight excluding hydrogens is 433 g/mol. The molecule has 1 atom stereocenters. The van der Waals surface area contributed by atoms with E-state index in [0.717, 1.165) is 12.8 Å². The van der Waals surface area contributed by atoms with Gasteiger partial charge in [0, 0.05) is 23.8 Å². The van der Waals surface area contributed by atoms with E-state index in [2.05, 4.69) is 38.4 Å². The highest BCUT2D eigenvalue weighted by atomic mass is 35.5. The average Bonchev–Trinajstić information content (AvgIpc) is 3.62. The van der Waals surface area contributed by atoms with Gasteiger partial charge in [-0.3, -0.25) is 0 Å². The van der Waals surface area contributed by atoms with Crippen molar-refractivity contribution in [1.82, 2.24) is 19.9 Å². The molecule has 0 aliphatic heterocycles. The summed E-state index contributed by atoms with van der Waals surface area (Å²) in [6, 6.07) is 5.27. The van der Waals surface area contributed by atoms with E-state index in [0.29, 0.717) is 34.0 Å². The monoisotopic (exact) mass is 453 g/mol. The molecule has 9 heteroatoms. The van der Waals surface area contributed by atoms with Crippen molar-refractivity contribution in [2.75, 3.05) is 5.32 Å². The summed E-state index contributed by atoms with van der Waals surface area (Å²) in [6.07, 6.45) is 7.67. The maximum absolute atomic E-state index is 14.3. The zero-order valence-corrected chi connectivity index (χ0v) is 18.1. The van der Waals surface area contributed by atoms with Crippen LogP contribution in [0.2, 0.25) is 0 Å². The number of benzene rings is 1. The molecule has 7 nitrogen and oxygen atoms in total. The number of halogens is 2. The van der Waals surface area contributed by atoms with Gasteiger partial charge in [-0.15, -0.1) is 0 Å². The molecule has 0 unspecified atom stereocenters. The summed E-state index contributed by atoms with van der Waals surface area (Å²) in [5, 5.41) is 3.26. The standard InChI is InChI=1S/C23H21ClFN5O2/c1-4-17(21(25)13(2)24)30-23-16-10-19(31-14(3)22-26-8-5-9-27-22)20(32-15-6-7-15)11-18(16)28-12-29-23/h4-5,8-12,14-15H,1-2,6-7H2,3H3,(H,28,29,30)/b21-17-/t14-/m0/s1. The molecule has 0 bridgehead atoms. The van der Waals surface area contributed by atoms with Crippen LogP contribution >= 0.6 is 11.6 Å². The summed E-state index contributed by atoms with van der Waals surface area (Å²) in [7, 11) is 0. The number of aromatic nitrogens is 4. The van der Waals surface area contributed by atoms with Crippen LogP contribution in [-0.2, 0) is 0 Å².